The molecular formula is C21H25N3O4. The molecule has 0 aliphatic heterocycles. The lowest BCUT2D eigenvalue weighted by Crippen LogP contribution is -2.11. The van der Waals surface area contributed by atoms with Gasteiger partial charge in [-0.25, -0.2) is 0 Å². The predicted molar refractivity (Wildman–Crippen MR) is 108 cm³/mol. The SMILES string of the molecule is COCOc1cccc(OCc2cccnc2C(/C=C\N)=NC(C)C)c1C=O. The molecule has 0 saturated carbocycles. The van der Waals surface area contributed by atoms with Gasteiger partial charge in [0, 0.05) is 24.9 Å². The van der Waals surface area contributed by atoms with E-state index in [0.717, 1.165) is 5.56 Å². The third kappa shape index (κ3) is 5.65. The zero-order valence-corrected chi connectivity index (χ0v) is 16.3. The second-order valence-corrected chi connectivity index (χ2v) is 6.10. The monoisotopic (exact) mass is 383 g/mol. The standard InChI is InChI=1S/C21H25N3O4/c1-15(2)24-18(9-10-22)21-16(6-5-11-23-21)13-27-19-7-4-8-20(17(19)12-25)28-14-26-3/h4-12,15H,13-14,22H2,1-3H3/b10-9-,24-18?. The number of methoxy groups -OCH3 is 1. The number of hydrogen-bond acceptors (Lipinski definition) is 7. The van der Waals surface area contributed by atoms with Crippen LogP contribution in [0.25, 0.3) is 0 Å². The molecule has 28 heavy (non-hydrogen) atoms. The zero-order chi connectivity index (χ0) is 20.4. The summed E-state index contributed by atoms with van der Waals surface area (Å²) in [6.07, 6.45) is 5.53. The summed E-state index contributed by atoms with van der Waals surface area (Å²) >= 11 is 0. The maximum Gasteiger partial charge on any atom is 0.188 e. The van der Waals surface area contributed by atoms with Gasteiger partial charge in [0.15, 0.2) is 13.1 Å². The summed E-state index contributed by atoms with van der Waals surface area (Å²) in [5.74, 6) is 0.809. The average molecular weight is 383 g/mol. The molecule has 0 amide bonds. The molecule has 1 heterocycles. The molecule has 0 radical (unpaired) electrons. The second-order valence-electron chi connectivity index (χ2n) is 6.10. The van der Waals surface area contributed by atoms with Crippen molar-refractivity contribution in [1.29, 1.82) is 0 Å². The van der Waals surface area contributed by atoms with Crippen LogP contribution in [0.3, 0.4) is 0 Å². The van der Waals surface area contributed by atoms with E-state index in [2.05, 4.69) is 9.98 Å². The van der Waals surface area contributed by atoms with E-state index in [1.54, 1.807) is 30.5 Å². The van der Waals surface area contributed by atoms with Gasteiger partial charge in [-0.3, -0.25) is 14.8 Å². The fourth-order valence-corrected chi connectivity index (χ4v) is 2.51. The first-order valence-electron chi connectivity index (χ1n) is 8.83. The van der Waals surface area contributed by atoms with Crippen molar-refractivity contribution >= 4 is 12.0 Å². The van der Waals surface area contributed by atoms with Crippen LogP contribution in [-0.2, 0) is 11.3 Å². The molecule has 2 aromatic rings. The Balaban J connectivity index is 2.30. The van der Waals surface area contributed by atoms with Crippen molar-refractivity contribution in [2.75, 3.05) is 13.9 Å². The summed E-state index contributed by atoms with van der Waals surface area (Å²) in [6.45, 7) is 4.20. The Kier molecular flexibility index (Phi) is 8.17. The Bertz CT molecular complexity index is 847. The lowest BCUT2D eigenvalue weighted by Gasteiger charge is -2.14. The van der Waals surface area contributed by atoms with E-state index in [1.165, 1.54) is 13.3 Å². The highest BCUT2D eigenvalue weighted by Crippen LogP contribution is 2.27. The summed E-state index contributed by atoms with van der Waals surface area (Å²) in [6, 6.07) is 8.94. The number of nitrogens with two attached hydrogens (primary N) is 1. The Morgan fingerprint density at radius 2 is 1.96 bits per heavy atom. The summed E-state index contributed by atoms with van der Waals surface area (Å²) < 4.78 is 16.2. The third-order valence-corrected chi connectivity index (χ3v) is 3.64. The lowest BCUT2D eigenvalue weighted by atomic mass is 10.1. The summed E-state index contributed by atoms with van der Waals surface area (Å²) in [5, 5.41) is 0. The normalized spacial score (nSPS) is 11.8. The number of aromatic nitrogens is 1. The molecule has 7 heteroatoms. The van der Waals surface area contributed by atoms with Gasteiger partial charge in [0.05, 0.1) is 17.0 Å². The largest absolute Gasteiger partial charge is 0.488 e. The molecule has 1 aromatic carbocycles. The molecule has 0 fully saturated rings. The summed E-state index contributed by atoms with van der Waals surface area (Å²) in [5.41, 5.74) is 8.06. The van der Waals surface area contributed by atoms with Crippen molar-refractivity contribution in [3.63, 3.8) is 0 Å². The van der Waals surface area contributed by atoms with E-state index >= 15 is 0 Å². The number of ether oxygens (including phenoxy) is 3. The molecule has 148 valence electrons. The maximum absolute atomic E-state index is 11.5. The number of benzene rings is 1. The maximum atomic E-state index is 11.5. The van der Waals surface area contributed by atoms with Crippen molar-refractivity contribution in [2.45, 2.75) is 26.5 Å². The molecule has 0 atom stereocenters. The van der Waals surface area contributed by atoms with Crippen LogP contribution >= 0.6 is 0 Å². The number of hydrogen-bond donors (Lipinski definition) is 1. The minimum Gasteiger partial charge on any atom is -0.488 e. The van der Waals surface area contributed by atoms with Crippen LogP contribution in [0, 0.1) is 0 Å². The fourth-order valence-electron chi connectivity index (χ4n) is 2.51. The van der Waals surface area contributed by atoms with Gasteiger partial charge in [0.25, 0.3) is 0 Å². The van der Waals surface area contributed by atoms with Crippen molar-refractivity contribution in [3.05, 3.63) is 65.6 Å². The smallest absolute Gasteiger partial charge is 0.188 e. The molecule has 1 aromatic heterocycles. The van der Waals surface area contributed by atoms with Gasteiger partial charge in [0.2, 0.25) is 0 Å². The highest BCUT2D eigenvalue weighted by molar-refractivity contribution is 6.08. The minimum absolute atomic E-state index is 0.0392. The highest BCUT2D eigenvalue weighted by Gasteiger charge is 2.13. The van der Waals surface area contributed by atoms with Gasteiger partial charge in [-0.1, -0.05) is 12.1 Å². The molecule has 0 spiro atoms. The van der Waals surface area contributed by atoms with E-state index < -0.39 is 0 Å². The van der Waals surface area contributed by atoms with Crippen LogP contribution < -0.4 is 15.2 Å². The first-order valence-corrected chi connectivity index (χ1v) is 8.83. The molecule has 7 nitrogen and oxygen atoms in total. The number of allylic oxidation sites excluding steroid dienone is 1. The Morgan fingerprint density at radius 1 is 1.21 bits per heavy atom. The van der Waals surface area contributed by atoms with Gasteiger partial charge < -0.3 is 19.9 Å². The van der Waals surface area contributed by atoms with Crippen LogP contribution in [0.4, 0.5) is 0 Å². The van der Waals surface area contributed by atoms with E-state index in [9.17, 15) is 4.79 Å². The summed E-state index contributed by atoms with van der Waals surface area (Å²) in [4.78, 5) is 20.6. The number of carbonyl (C=O) groups is 1. The number of nitrogens with zero attached hydrogens (tertiary/aromatic N) is 2. The molecular weight excluding hydrogens is 358 g/mol. The first-order chi connectivity index (χ1) is 13.6. The highest BCUT2D eigenvalue weighted by atomic mass is 16.7. The Morgan fingerprint density at radius 3 is 2.61 bits per heavy atom. The molecule has 2 rings (SSSR count). The van der Waals surface area contributed by atoms with Crippen LogP contribution in [0.1, 0.15) is 35.5 Å². The van der Waals surface area contributed by atoms with Crippen LogP contribution in [0.15, 0.2) is 53.8 Å². The van der Waals surface area contributed by atoms with Crippen LogP contribution in [0.2, 0.25) is 0 Å². The molecule has 2 N–H and O–H groups in total. The van der Waals surface area contributed by atoms with Gasteiger partial charge in [0.1, 0.15) is 18.1 Å². The summed E-state index contributed by atoms with van der Waals surface area (Å²) in [7, 11) is 1.51. The predicted octanol–water partition coefficient (Wildman–Crippen LogP) is 3.13. The van der Waals surface area contributed by atoms with Gasteiger partial charge in [-0.05, 0) is 44.3 Å². The van der Waals surface area contributed by atoms with E-state index in [4.69, 9.17) is 19.9 Å². The van der Waals surface area contributed by atoms with E-state index in [-0.39, 0.29) is 19.4 Å². The van der Waals surface area contributed by atoms with Gasteiger partial charge in [-0.15, -0.1) is 0 Å². The van der Waals surface area contributed by atoms with Gasteiger partial charge in [-0.2, -0.15) is 0 Å². The number of rotatable bonds is 10. The minimum atomic E-state index is 0.0392. The second kappa shape index (κ2) is 10.8. The van der Waals surface area contributed by atoms with E-state index in [0.29, 0.717) is 34.8 Å². The first kappa shape index (κ1) is 21.1. The molecule has 0 bridgehead atoms. The van der Waals surface area contributed by atoms with Crippen LogP contribution in [-0.4, -0.2) is 36.9 Å². The topological polar surface area (TPSA) is 96.0 Å². The van der Waals surface area contributed by atoms with Gasteiger partial charge >= 0.3 is 0 Å². The fraction of sp³-hybridized carbons (Fsp3) is 0.286. The number of carbonyl (C=O) groups excluding carboxylic acids is 1. The van der Waals surface area contributed by atoms with Crippen molar-refractivity contribution in [3.8, 4) is 11.5 Å². The third-order valence-electron chi connectivity index (χ3n) is 3.64. The molecule has 0 saturated heterocycles. The zero-order valence-electron chi connectivity index (χ0n) is 16.3. The Hall–Kier alpha value is -3.19. The van der Waals surface area contributed by atoms with Crippen molar-refractivity contribution < 1.29 is 19.0 Å². The van der Waals surface area contributed by atoms with Crippen molar-refractivity contribution in [2.24, 2.45) is 10.7 Å². The number of aldehydes is 1. The Labute approximate surface area is 164 Å². The lowest BCUT2D eigenvalue weighted by molar-refractivity contribution is 0.0503. The quantitative estimate of drug-likeness (QED) is 0.385. The molecule has 0 aliphatic carbocycles. The number of pyridine rings is 1. The average Bonchev–Trinajstić information content (AvgIpc) is 2.70. The van der Waals surface area contributed by atoms with Crippen molar-refractivity contribution in [1.82, 2.24) is 4.98 Å². The molecule has 0 unspecified atom stereocenters. The molecule has 0 aliphatic rings. The number of aliphatic imine (C=N–C) groups is 1. The van der Waals surface area contributed by atoms with E-state index in [1.807, 2.05) is 26.0 Å². The van der Waals surface area contributed by atoms with Crippen LogP contribution in [0.5, 0.6) is 11.5 Å².